The first kappa shape index (κ1) is 27.6. The van der Waals surface area contributed by atoms with Crippen LogP contribution in [0.2, 0.25) is 0 Å². The van der Waals surface area contributed by atoms with Gasteiger partial charge in [0.05, 0.1) is 0 Å². The van der Waals surface area contributed by atoms with E-state index in [9.17, 15) is 0 Å². The van der Waals surface area contributed by atoms with Crippen molar-refractivity contribution >= 4 is 32.3 Å². The second kappa shape index (κ2) is 9.55. The molecule has 2 aliphatic rings. The predicted molar refractivity (Wildman–Crippen MR) is 205 cm³/mol. The van der Waals surface area contributed by atoms with Gasteiger partial charge >= 0.3 is 0 Å². The van der Waals surface area contributed by atoms with E-state index in [2.05, 4.69) is 173 Å². The molecule has 0 saturated heterocycles. The minimum atomic E-state index is 0.00526. The van der Waals surface area contributed by atoms with Gasteiger partial charge in [0.25, 0.3) is 0 Å². The van der Waals surface area contributed by atoms with Crippen molar-refractivity contribution in [2.45, 2.75) is 38.5 Å². The highest BCUT2D eigenvalue weighted by Crippen LogP contribution is 2.52. The molecule has 0 aromatic heterocycles. The molecule has 48 heavy (non-hydrogen) atoms. The van der Waals surface area contributed by atoms with Gasteiger partial charge in [-0.2, -0.15) is 0 Å². The number of rotatable bonds is 3. The Kier molecular flexibility index (Phi) is 5.50. The summed E-state index contributed by atoms with van der Waals surface area (Å²) in [5, 5.41) is 8.26. The lowest BCUT2D eigenvalue weighted by Gasteiger charge is -2.21. The van der Waals surface area contributed by atoms with Crippen molar-refractivity contribution in [2.24, 2.45) is 0 Å². The van der Waals surface area contributed by atoms with Crippen LogP contribution < -0.4 is 0 Å². The molecule has 0 aliphatic heterocycles. The zero-order valence-electron chi connectivity index (χ0n) is 27.9. The summed E-state index contributed by atoms with van der Waals surface area (Å²) >= 11 is 0. The Morgan fingerprint density at radius 1 is 0.292 bits per heavy atom. The zero-order valence-corrected chi connectivity index (χ0v) is 27.9. The van der Waals surface area contributed by atoms with E-state index in [0.29, 0.717) is 0 Å². The molecule has 8 aromatic rings. The first-order chi connectivity index (χ1) is 23.3. The molecule has 0 atom stereocenters. The Bertz CT molecular complexity index is 2660. The maximum absolute atomic E-state index is 2.42. The average molecular weight is 613 g/mol. The Hall–Kier alpha value is -5.46. The van der Waals surface area contributed by atoms with Crippen molar-refractivity contribution in [3.63, 3.8) is 0 Å². The van der Waals surface area contributed by atoms with Gasteiger partial charge in [-0.1, -0.05) is 149 Å². The second-order valence-corrected chi connectivity index (χ2v) is 14.9. The molecule has 0 heterocycles. The highest BCUT2D eigenvalue weighted by molar-refractivity contribution is 6.29. The fourth-order valence-corrected chi connectivity index (χ4v) is 9.12. The van der Waals surface area contributed by atoms with Crippen molar-refractivity contribution in [3.8, 4) is 44.5 Å². The molecule has 0 N–H and O–H groups in total. The molecular weight excluding hydrogens is 577 g/mol. The Balaban J connectivity index is 1.07. The summed E-state index contributed by atoms with van der Waals surface area (Å²) < 4.78 is 0. The lowest BCUT2D eigenvalue weighted by molar-refractivity contribution is 0.660. The Morgan fingerprint density at radius 3 is 1.40 bits per heavy atom. The highest BCUT2D eigenvalue weighted by atomic mass is 14.4. The van der Waals surface area contributed by atoms with Crippen LogP contribution in [0.3, 0.4) is 0 Å². The molecule has 0 fully saturated rings. The van der Waals surface area contributed by atoms with Crippen LogP contribution in [0.15, 0.2) is 146 Å². The maximum atomic E-state index is 2.42. The molecule has 8 aromatic carbocycles. The van der Waals surface area contributed by atoms with Crippen molar-refractivity contribution in [1.82, 2.24) is 0 Å². The van der Waals surface area contributed by atoms with Gasteiger partial charge in [0.1, 0.15) is 0 Å². The van der Waals surface area contributed by atoms with Crippen LogP contribution >= 0.6 is 0 Å². The molecule has 10 rings (SSSR count). The standard InChI is InChI=1S/C48H36/c1-47(2)41-18-6-5-15-36(41)40-28-34(22-24-42(40)47)32-14-8-12-30(26-32)29-11-7-13-31(25-29)33-21-23-35-37-16-9-19-43-45(37)46-38(39(35)27-33)17-10-20-44(46)48(43,3)4/h5-28H,1-4H3. The molecule has 0 heteroatoms. The monoisotopic (exact) mass is 612 g/mol. The van der Waals surface area contributed by atoms with E-state index in [1.54, 1.807) is 0 Å². The van der Waals surface area contributed by atoms with E-state index in [0.717, 1.165) is 0 Å². The van der Waals surface area contributed by atoms with E-state index in [1.807, 2.05) is 0 Å². The third kappa shape index (κ3) is 3.66. The van der Waals surface area contributed by atoms with E-state index in [1.165, 1.54) is 99.1 Å². The van der Waals surface area contributed by atoms with Gasteiger partial charge in [0.15, 0.2) is 0 Å². The molecule has 0 bridgehead atoms. The van der Waals surface area contributed by atoms with Gasteiger partial charge in [0.2, 0.25) is 0 Å². The molecule has 0 radical (unpaired) electrons. The van der Waals surface area contributed by atoms with Crippen LogP contribution in [0.4, 0.5) is 0 Å². The Morgan fingerprint density at radius 2 is 0.750 bits per heavy atom. The first-order valence-electron chi connectivity index (χ1n) is 17.2. The van der Waals surface area contributed by atoms with Crippen molar-refractivity contribution in [2.75, 3.05) is 0 Å². The van der Waals surface area contributed by atoms with E-state index >= 15 is 0 Å². The van der Waals surface area contributed by atoms with Gasteiger partial charge in [-0.05, 0) is 123 Å². The second-order valence-electron chi connectivity index (χ2n) is 14.9. The largest absolute Gasteiger partial charge is 0.0619 e. The van der Waals surface area contributed by atoms with E-state index in [-0.39, 0.29) is 10.8 Å². The molecule has 0 nitrogen and oxygen atoms in total. The summed E-state index contributed by atoms with van der Waals surface area (Å²) in [6.45, 7) is 9.43. The first-order valence-corrected chi connectivity index (χ1v) is 17.2. The summed E-state index contributed by atoms with van der Waals surface area (Å²) in [4.78, 5) is 0. The third-order valence-corrected chi connectivity index (χ3v) is 11.6. The lowest BCUT2D eigenvalue weighted by atomic mass is 9.82. The molecule has 0 spiro atoms. The van der Waals surface area contributed by atoms with Gasteiger partial charge < -0.3 is 0 Å². The Labute approximate surface area is 282 Å². The SMILES string of the molecule is CC1(C)c2ccccc2-c2cc(-c3cccc(-c4cccc(-c5ccc6c(c5)c5cccc7c5c5c(cccc65)C7(C)C)c4)c3)ccc21. The molecule has 2 aliphatic carbocycles. The molecule has 228 valence electrons. The van der Waals surface area contributed by atoms with Crippen molar-refractivity contribution in [3.05, 3.63) is 168 Å². The quantitative estimate of drug-likeness (QED) is 0.174. The van der Waals surface area contributed by atoms with Gasteiger partial charge in [-0.25, -0.2) is 0 Å². The maximum Gasteiger partial charge on any atom is 0.0159 e. The molecule has 0 amide bonds. The number of fused-ring (bicyclic) bond motifs is 6. The lowest BCUT2D eigenvalue weighted by Crippen LogP contribution is -2.14. The summed E-state index contributed by atoms with van der Waals surface area (Å²) in [7, 11) is 0. The van der Waals surface area contributed by atoms with Gasteiger partial charge in [-0.15, -0.1) is 0 Å². The van der Waals surface area contributed by atoms with Crippen LogP contribution in [0, 0.1) is 0 Å². The third-order valence-electron chi connectivity index (χ3n) is 11.6. The minimum Gasteiger partial charge on any atom is -0.0619 e. The molecule has 0 saturated carbocycles. The summed E-state index contributed by atoms with van der Waals surface area (Å²) in [5.41, 5.74) is 15.9. The summed E-state index contributed by atoms with van der Waals surface area (Å²) in [5.74, 6) is 0. The predicted octanol–water partition coefficient (Wildman–Crippen LogP) is 13.1. The smallest absolute Gasteiger partial charge is 0.0159 e. The van der Waals surface area contributed by atoms with Crippen LogP contribution in [-0.2, 0) is 10.8 Å². The summed E-state index contributed by atoms with van der Waals surface area (Å²) in [6, 6.07) is 54.9. The average Bonchev–Trinajstić information content (AvgIpc) is 3.51. The highest BCUT2D eigenvalue weighted by Gasteiger charge is 2.36. The van der Waals surface area contributed by atoms with Crippen LogP contribution in [-0.4, -0.2) is 0 Å². The fourth-order valence-electron chi connectivity index (χ4n) is 9.12. The van der Waals surface area contributed by atoms with Crippen LogP contribution in [0.1, 0.15) is 49.9 Å². The number of hydrogen-bond donors (Lipinski definition) is 0. The topological polar surface area (TPSA) is 0 Å². The minimum absolute atomic E-state index is 0.00526. The zero-order chi connectivity index (χ0) is 32.4. The van der Waals surface area contributed by atoms with E-state index in [4.69, 9.17) is 0 Å². The fraction of sp³-hybridized carbons (Fsp3) is 0.125. The van der Waals surface area contributed by atoms with Gasteiger partial charge in [-0.3, -0.25) is 0 Å². The van der Waals surface area contributed by atoms with Crippen molar-refractivity contribution in [1.29, 1.82) is 0 Å². The molecule has 0 unspecified atom stereocenters. The van der Waals surface area contributed by atoms with Gasteiger partial charge in [0, 0.05) is 10.8 Å². The van der Waals surface area contributed by atoms with E-state index < -0.39 is 0 Å². The van der Waals surface area contributed by atoms with Crippen molar-refractivity contribution < 1.29 is 0 Å². The number of hydrogen-bond acceptors (Lipinski definition) is 0. The molecular formula is C48H36. The van der Waals surface area contributed by atoms with Crippen LogP contribution in [0.25, 0.3) is 76.8 Å². The number of benzene rings is 8. The normalized spacial score (nSPS) is 15.0. The summed E-state index contributed by atoms with van der Waals surface area (Å²) in [6.07, 6.45) is 0. The van der Waals surface area contributed by atoms with Crippen LogP contribution in [0.5, 0.6) is 0 Å².